The SMILES string of the molecule is CCC(C)(O)CNc1nc(NN)c(F)cc1F. The minimum absolute atomic E-state index is 0.100. The molecule has 7 heteroatoms. The Labute approximate surface area is 98.0 Å². The maximum absolute atomic E-state index is 13.3. The van der Waals surface area contributed by atoms with Gasteiger partial charge < -0.3 is 15.8 Å². The normalized spacial score (nSPS) is 14.2. The molecule has 0 saturated heterocycles. The van der Waals surface area contributed by atoms with Crippen LogP contribution in [0.5, 0.6) is 0 Å². The number of aliphatic hydroxyl groups is 1. The number of hydrazine groups is 1. The van der Waals surface area contributed by atoms with Crippen LogP contribution in [-0.2, 0) is 0 Å². The van der Waals surface area contributed by atoms with E-state index in [1.807, 2.05) is 5.43 Å². The van der Waals surface area contributed by atoms with Crippen LogP contribution < -0.4 is 16.6 Å². The molecule has 1 aromatic heterocycles. The van der Waals surface area contributed by atoms with Crippen molar-refractivity contribution in [3.05, 3.63) is 17.7 Å². The van der Waals surface area contributed by atoms with Crippen LogP contribution in [0, 0.1) is 11.6 Å². The van der Waals surface area contributed by atoms with Gasteiger partial charge in [-0.15, -0.1) is 0 Å². The van der Waals surface area contributed by atoms with Crippen molar-refractivity contribution >= 4 is 11.6 Å². The molecule has 1 unspecified atom stereocenters. The lowest BCUT2D eigenvalue weighted by Crippen LogP contribution is -2.33. The maximum Gasteiger partial charge on any atom is 0.178 e. The van der Waals surface area contributed by atoms with Crippen LogP contribution in [0.2, 0.25) is 0 Å². The largest absolute Gasteiger partial charge is 0.388 e. The van der Waals surface area contributed by atoms with Gasteiger partial charge in [-0.2, -0.15) is 0 Å². The van der Waals surface area contributed by atoms with Gasteiger partial charge in [0.1, 0.15) is 0 Å². The molecule has 0 aliphatic heterocycles. The fraction of sp³-hybridized carbons (Fsp3) is 0.500. The Bertz CT molecular complexity index is 398. The lowest BCUT2D eigenvalue weighted by molar-refractivity contribution is 0.0696. The highest BCUT2D eigenvalue weighted by atomic mass is 19.1. The van der Waals surface area contributed by atoms with Gasteiger partial charge in [0, 0.05) is 12.6 Å². The number of hydrogen-bond acceptors (Lipinski definition) is 5. The topological polar surface area (TPSA) is 83.2 Å². The summed E-state index contributed by atoms with van der Waals surface area (Å²) in [5.74, 6) is 2.89. The average Bonchev–Trinajstić information content (AvgIpc) is 2.28. The Morgan fingerprint density at radius 3 is 2.53 bits per heavy atom. The van der Waals surface area contributed by atoms with Gasteiger partial charge >= 0.3 is 0 Å². The molecule has 0 aliphatic carbocycles. The van der Waals surface area contributed by atoms with Crippen LogP contribution in [0.4, 0.5) is 20.4 Å². The molecule has 0 bridgehead atoms. The van der Waals surface area contributed by atoms with Gasteiger partial charge in [-0.25, -0.2) is 19.6 Å². The monoisotopic (exact) mass is 246 g/mol. The molecule has 1 heterocycles. The molecule has 0 saturated carbocycles. The van der Waals surface area contributed by atoms with Gasteiger partial charge in [-0.05, 0) is 13.3 Å². The van der Waals surface area contributed by atoms with Crippen LogP contribution >= 0.6 is 0 Å². The molecule has 0 radical (unpaired) electrons. The fourth-order valence-electron chi connectivity index (χ4n) is 1.09. The predicted molar refractivity (Wildman–Crippen MR) is 61.4 cm³/mol. The van der Waals surface area contributed by atoms with Crippen molar-refractivity contribution < 1.29 is 13.9 Å². The van der Waals surface area contributed by atoms with Crippen molar-refractivity contribution in [1.82, 2.24) is 4.98 Å². The Kier molecular flexibility index (Phi) is 4.19. The highest BCUT2D eigenvalue weighted by molar-refractivity contribution is 5.47. The second-order valence-corrected chi connectivity index (χ2v) is 4.00. The summed E-state index contributed by atoms with van der Waals surface area (Å²) in [6, 6.07) is 0.672. The van der Waals surface area contributed by atoms with Crippen molar-refractivity contribution in [3.8, 4) is 0 Å². The number of nitrogens with zero attached hydrogens (tertiary/aromatic N) is 1. The van der Waals surface area contributed by atoms with E-state index < -0.39 is 17.2 Å². The Balaban J connectivity index is 2.84. The zero-order chi connectivity index (χ0) is 13.1. The van der Waals surface area contributed by atoms with Gasteiger partial charge in [0.05, 0.1) is 5.60 Å². The van der Waals surface area contributed by atoms with E-state index in [1.54, 1.807) is 13.8 Å². The van der Waals surface area contributed by atoms with Crippen molar-refractivity contribution in [3.63, 3.8) is 0 Å². The van der Waals surface area contributed by atoms with Gasteiger partial charge in [0.25, 0.3) is 0 Å². The quantitative estimate of drug-likeness (QED) is 0.464. The lowest BCUT2D eigenvalue weighted by atomic mass is 10.0. The van der Waals surface area contributed by atoms with Crippen LogP contribution in [0.15, 0.2) is 6.07 Å². The van der Waals surface area contributed by atoms with E-state index in [0.29, 0.717) is 12.5 Å². The Morgan fingerprint density at radius 2 is 2.00 bits per heavy atom. The summed E-state index contributed by atoms with van der Waals surface area (Å²) >= 11 is 0. The molecule has 96 valence electrons. The predicted octanol–water partition coefficient (Wildman–Crippen LogP) is 1.22. The molecule has 1 rings (SSSR count). The third kappa shape index (κ3) is 3.50. The molecule has 0 fully saturated rings. The molecule has 1 atom stereocenters. The third-order valence-electron chi connectivity index (χ3n) is 2.46. The third-order valence-corrected chi connectivity index (χ3v) is 2.46. The number of nitrogen functional groups attached to an aromatic ring is 1. The van der Waals surface area contributed by atoms with Crippen LogP contribution in [-0.4, -0.2) is 22.2 Å². The first-order valence-corrected chi connectivity index (χ1v) is 5.18. The summed E-state index contributed by atoms with van der Waals surface area (Å²) in [6.07, 6.45) is 0.491. The minimum Gasteiger partial charge on any atom is -0.388 e. The highest BCUT2D eigenvalue weighted by Crippen LogP contribution is 2.19. The molecule has 5 nitrogen and oxygen atoms in total. The first-order chi connectivity index (χ1) is 7.89. The van der Waals surface area contributed by atoms with Crippen molar-refractivity contribution in [2.24, 2.45) is 5.84 Å². The molecule has 5 N–H and O–H groups in total. The van der Waals surface area contributed by atoms with Crippen LogP contribution in [0.3, 0.4) is 0 Å². The summed E-state index contributed by atoms with van der Waals surface area (Å²) in [4.78, 5) is 3.62. The molecular weight excluding hydrogens is 230 g/mol. The molecule has 0 spiro atoms. The smallest absolute Gasteiger partial charge is 0.178 e. The van der Waals surface area contributed by atoms with Crippen LogP contribution in [0.1, 0.15) is 20.3 Å². The van der Waals surface area contributed by atoms with E-state index in [1.165, 1.54) is 0 Å². The number of rotatable bonds is 5. The summed E-state index contributed by atoms with van der Waals surface area (Å²) in [7, 11) is 0. The maximum atomic E-state index is 13.3. The first-order valence-electron chi connectivity index (χ1n) is 5.18. The first kappa shape index (κ1) is 13.6. The molecular formula is C10H16F2N4O. The van der Waals surface area contributed by atoms with Crippen molar-refractivity contribution in [1.29, 1.82) is 0 Å². The van der Waals surface area contributed by atoms with Crippen LogP contribution in [0.25, 0.3) is 0 Å². The summed E-state index contributed by atoms with van der Waals surface area (Å²) in [6.45, 7) is 3.50. The summed E-state index contributed by atoms with van der Waals surface area (Å²) in [5.41, 5.74) is 1.03. The molecule has 17 heavy (non-hydrogen) atoms. The van der Waals surface area contributed by atoms with E-state index in [-0.39, 0.29) is 18.2 Å². The zero-order valence-electron chi connectivity index (χ0n) is 9.72. The molecule has 0 amide bonds. The number of hydrogen-bond donors (Lipinski definition) is 4. The molecule has 0 aromatic carbocycles. The number of aromatic nitrogens is 1. The average molecular weight is 246 g/mol. The second-order valence-electron chi connectivity index (χ2n) is 4.00. The summed E-state index contributed by atoms with van der Waals surface area (Å²) in [5, 5.41) is 12.3. The zero-order valence-corrected chi connectivity index (χ0v) is 9.72. The Morgan fingerprint density at radius 1 is 1.41 bits per heavy atom. The van der Waals surface area contributed by atoms with E-state index in [2.05, 4.69) is 10.3 Å². The number of pyridine rings is 1. The number of anilines is 2. The van der Waals surface area contributed by atoms with E-state index in [4.69, 9.17) is 5.84 Å². The minimum atomic E-state index is -0.987. The van der Waals surface area contributed by atoms with E-state index >= 15 is 0 Å². The van der Waals surface area contributed by atoms with Crippen molar-refractivity contribution in [2.45, 2.75) is 25.9 Å². The van der Waals surface area contributed by atoms with Gasteiger partial charge in [-0.1, -0.05) is 6.92 Å². The second kappa shape index (κ2) is 5.24. The number of nitrogens with one attached hydrogen (secondary N) is 2. The van der Waals surface area contributed by atoms with E-state index in [9.17, 15) is 13.9 Å². The lowest BCUT2D eigenvalue weighted by Gasteiger charge is -2.22. The van der Waals surface area contributed by atoms with Gasteiger partial charge in [0.15, 0.2) is 23.3 Å². The fourth-order valence-corrected chi connectivity index (χ4v) is 1.09. The van der Waals surface area contributed by atoms with E-state index in [0.717, 1.165) is 0 Å². The number of halogens is 2. The molecule has 0 aliphatic rings. The standard InChI is InChI=1S/C10H16F2N4O/c1-3-10(2,17)5-14-8-6(11)4-7(12)9(15-8)16-13/h4,17H,3,5,13H2,1-2H3,(H2,14,15,16). The van der Waals surface area contributed by atoms with Crippen molar-refractivity contribution in [2.75, 3.05) is 17.3 Å². The highest BCUT2D eigenvalue weighted by Gasteiger charge is 2.19. The van der Waals surface area contributed by atoms with Gasteiger partial charge in [-0.3, -0.25) is 0 Å². The van der Waals surface area contributed by atoms with Gasteiger partial charge in [0.2, 0.25) is 0 Å². The summed E-state index contributed by atoms with van der Waals surface area (Å²) < 4.78 is 26.4. The Hall–Kier alpha value is -1.47. The number of nitrogens with two attached hydrogens (primary N) is 1. The molecule has 1 aromatic rings.